The molecular weight excluding hydrogens is 302 g/mol. The largest absolute Gasteiger partial charge is 0.371 e. The molecule has 124 valence electrons. The Kier molecular flexibility index (Phi) is 4.79. The van der Waals surface area contributed by atoms with Crippen LogP contribution in [0.2, 0.25) is 0 Å². The van der Waals surface area contributed by atoms with E-state index in [0.29, 0.717) is 24.2 Å². The smallest absolute Gasteiger partial charge is 0.248 e. The van der Waals surface area contributed by atoms with E-state index in [0.717, 1.165) is 19.4 Å². The first-order valence-corrected chi connectivity index (χ1v) is 8.16. The summed E-state index contributed by atoms with van der Waals surface area (Å²) in [6.45, 7) is 1.68. The summed E-state index contributed by atoms with van der Waals surface area (Å²) in [5, 5.41) is 2.85. The van der Waals surface area contributed by atoms with Crippen molar-refractivity contribution in [2.24, 2.45) is 5.73 Å². The van der Waals surface area contributed by atoms with E-state index in [1.54, 1.807) is 24.3 Å². The van der Waals surface area contributed by atoms with Crippen LogP contribution >= 0.6 is 0 Å². The van der Waals surface area contributed by atoms with Gasteiger partial charge in [0, 0.05) is 36.4 Å². The Balaban J connectivity index is 1.55. The average molecular weight is 323 g/mol. The molecule has 1 aliphatic heterocycles. The van der Waals surface area contributed by atoms with Crippen molar-refractivity contribution in [2.75, 3.05) is 23.3 Å². The number of primary amides is 1. The highest BCUT2D eigenvalue weighted by atomic mass is 16.2. The van der Waals surface area contributed by atoms with E-state index in [4.69, 9.17) is 5.73 Å². The summed E-state index contributed by atoms with van der Waals surface area (Å²) in [4.78, 5) is 25.5. The number of hydrogen-bond donors (Lipinski definition) is 2. The van der Waals surface area contributed by atoms with E-state index >= 15 is 0 Å². The molecule has 0 spiro atoms. The lowest BCUT2D eigenvalue weighted by molar-refractivity contribution is -0.116. The van der Waals surface area contributed by atoms with Crippen molar-refractivity contribution in [1.29, 1.82) is 0 Å². The van der Waals surface area contributed by atoms with E-state index in [2.05, 4.69) is 28.4 Å². The summed E-state index contributed by atoms with van der Waals surface area (Å²) in [6.07, 6.45) is 2.64. The lowest BCUT2D eigenvalue weighted by Crippen LogP contribution is -2.32. The van der Waals surface area contributed by atoms with Crippen molar-refractivity contribution in [3.8, 4) is 0 Å². The minimum absolute atomic E-state index is 0.0371. The molecule has 2 aromatic rings. The Morgan fingerprint density at radius 2 is 1.83 bits per heavy atom. The normalized spacial score (nSPS) is 13.2. The van der Waals surface area contributed by atoms with Crippen molar-refractivity contribution < 1.29 is 9.59 Å². The van der Waals surface area contributed by atoms with E-state index in [1.807, 2.05) is 6.07 Å². The van der Waals surface area contributed by atoms with E-state index in [9.17, 15) is 9.59 Å². The van der Waals surface area contributed by atoms with Gasteiger partial charge in [0.1, 0.15) is 0 Å². The molecule has 0 radical (unpaired) electrons. The van der Waals surface area contributed by atoms with Crippen LogP contribution in [0.3, 0.4) is 0 Å². The SMILES string of the molecule is NC(=O)c1ccc(NC(=O)CCN2CCCc3ccccc32)cc1. The number of nitrogens with one attached hydrogen (secondary N) is 1. The minimum Gasteiger partial charge on any atom is -0.371 e. The summed E-state index contributed by atoms with van der Waals surface area (Å²) in [7, 11) is 0. The van der Waals surface area contributed by atoms with Crippen LogP contribution in [0, 0.1) is 0 Å². The Bertz CT molecular complexity index is 741. The summed E-state index contributed by atoms with van der Waals surface area (Å²) in [6, 6.07) is 15.0. The number of hydrogen-bond acceptors (Lipinski definition) is 3. The highest BCUT2D eigenvalue weighted by Crippen LogP contribution is 2.26. The molecule has 5 heteroatoms. The molecule has 0 aliphatic carbocycles. The predicted molar refractivity (Wildman–Crippen MR) is 95.2 cm³/mol. The number of rotatable bonds is 5. The van der Waals surface area contributed by atoms with Crippen LogP contribution in [0.4, 0.5) is 11.4 Å². The van der Waals surface area contributed by atoms with Crippen molar-refractivity contribution in [3.63, 3.8) is 0 Å². The summed E-state index contributed by atoms with van der Waals surface area (Å²) >= 11 is 0. The van der Waals surface area contributed by atoms with Crippen molar-refractivity contribution in [3.05, 3.63) is 59.7 Å². The molecule has 0 atom stereocenters. The van der Waals surface area contributed by atoms with Gasteiger partial charge in [-0.3, -0.25) is 9.59 Å². The third-order valence-corrected chi connectivity index (χ3v) is 4.27. The second-order valence-electron chi connectivity index (χ2n) is 5.96. The molecule has 1 aliphatic rings. The highest BCUT2D eigenvalue weighted by molar-refractivity contribution is 5.94. The van der Waals surface area contributed by atoms with Crippen LogP contribution < -0.4 is 16.0 Å². The summed E-state index contributed by atoms with van der Waals surface area (Å²) in [5.74, 6) is -0.512. The van der Waals surface area contributed by atoms with Crippen LogP contribution in [0.5, 0.6) is 0 Å². The first-order valence-electron chi connectivity index (χ1n) is 8.16. The molecule has 0 bridgehead atoms. The number of anilines is 2. The van der Waals surface area contributed by atoms with Gasteiger partial charge in [0.15, 0.2) is 0 Å². The van der Waals surface area contributed by atoms with Crippen LogP contribution in [-0.4, -0.2) is 24.9 Å². The third-order valence-electron chi connectivity index (χ3n) is 4.27. The fourth-order valence-corrected chi connectivity index (χ4v) is 3.02. The number of fused-ring (bicyclic) bond motifs is 1. The second-order valence-corrected chi connectivity index (χ2v) is 5.96. The lowest BCUT2D eigenvalue weighted by atomic mass is 10.0. The van der Waals surface area contributed by atoms with Gasteiger partial charge in [0.25, 0.3) is 0 Å². The molecule has 2 aromatic carbocycles. The number of carbonyl (C=O) groups is 2. The standard InChI is InChI=1S/C19H21N3O2/c20-19(24)15-7-9-16(10-8-15)21-18(23)11-13-22-12-3-5-14-4-1-2-6-17(14)22/h1-2,4,6-10H,3,5,11-13H2,(H2,20,24)(H,21,23). The average Bonchev–Trinajstić information content (AvgIpc) is 2.60. The van der Waals surface area contributed by atoms with Crippen molar-refractivity contribution >= 4 is 23.2 Å². The minimum atomic E-state index is -0.475. The van der Waals surface area contributed by atoms with Gasteiger partial charge in [-0.15, -0.1) is 0 Å². The van der Waals surface area contributed by atoms with Gasteiger partial charge in [-0.25, -0.2) is 0 Å². The second kappa shape index (κ2) is 7.17. The molecule has 24 heavy (non-hydrogen) atoms. The van der Waals surface area contributed by atoms with Gasteiger partial charge in [-0.1, -0.05) is 18.2 Å². The van der Waals surface area contributed by atoms with Crippen LogP contribution in [-0.2, 0) is 11.2 Å². The molecule has 0 unspecified atom stereocenters. The van der Waals surface area contributed by atoms with E-state index in [1.165, 1.54) is 11.3 Å². The number of para-hydroxylation sites is 1. The lowest BCUT2D eigenvalue weighted by Gasteiger charge is -2.31. The van der Waals surface area contributed by atoms with Gasteiger partial charge in [0.2, 0.25) is 11.8 Å². The van der Waals surface area contributed by atoms with Crippen LogP contribution in [0.25, 0.3) is 0 Å². The molecular formula is C19H21N3O2. The quantitative estimate of drug-likeness (QED) is 0.888. The van der Waals surface area contributed by atoms with Crippen molar-refractivity contribution in [1.82, 2.24) is 0 Å². The zero-order chi connectivity index (χ0) is 16.9. The molecule has 5 nitrogen and oxygen atoms in total. The predicted octanol–water partition coefficient (Wildman–Crippen LogP) is 2.57. The maximum atomic E-state index is 12.2. The van der Waals surface area contributed by atoms with Crippen LogP contribution in [0.15, 0.2) is 48.5 Å². The number of amides is 2. The van der Waals surface area contributed by atoms with Gasteiger partial charge in [-0.05, 0) is 48.7 Å². The summed E-state index contributed by atoms with van der Waals surface area (Å²) in [5.41, 5.74) is 8.89. The van der Waals surface area contributed by atoms with Gasteiger partial charge in [0.05, 0.1) is 0 Å². The Morgan fingerprint density at radius 1 is 1.08 bits per heavy atom. The van der Waals surface area contributed by atoms with E-state index < -0.39 is 5.91 Å². The molecule has 0 aromatic heterocycles. The fourth-order valence-electron chi connectivity index (χ4n) is 3.02. The van der Waals surface area contributed by atoms with Crippen LogP contribution in [0.1, 0.15) is 28.8 Å². The highest BCUT2D eigenvalue weighted by Gasteiger charge is 2.16. The molecule has 0 fully saturated rings. The molecule has 3 N–H and O–H groups in total. The number of aryl methyl sites for hydroxylation is 1. The van der Waals surface area contributed by atoms with Gasteiger partial charge >= 0.3 is 0 Å². The van der Waals surface area contributed by atoms with E-state index in [-0.39, 0.29) is 5.91 Å². The monoisotopic (exact) mass is 323 g/mol. The zero-order valence-electron chi connectivity index (χ0n) is 13.5. The molecule has 2 amide bonds. The maximum Gasteiger partial charge on any atom is 0.248 e. The molecule has 0 saturated carbocycles. The van der Waals surface area contributed by atoms with Gasteiger partial charge in [-0.2, -0.15) is 0 Å². The Hall–Kier alpha value is -2.82. The molecule has 1 heterocycles. The third kappa shape index (κ3) is 3.74. The summed E-state index contributed by atoms with van der Waals surface area (Å²) < 4.78 is 0. The fraction of sp³-hybridized carbons (Fsp3) is 0.263. The number of carbonyl (C=O) groups excluding carboxylic acids is 2. The van der Waals surface area contributed by atoms with Crippen molar-refractivity contribution in [2.45, 2.75) is 19.3 Å². The number of nitrogens with two attached hydrogens (primary N) is 1. The maximum absolute atomic E-state index is 12.2. The molecule has 0 saturated heterocycles. The number of benzene rings is 2. The first kappa shape index (κ1) is 16.1. The topological polar surface area (TPSA) is 75.4 Å². The Labute approximate surface area is 141 Å². The molecule has 3 rings (SSSR count). The zero-order valence-corrected chi connectivity index (χ0v) is 13.5. The Morgan fingerprint density at radius 3 is 2.58 bits per heavy atom. The number of nitrogens with zero attached hydrogens (tertiary/aromatic N) is 1. The first-order chi connectivity index (χ1) is 11.6. The van der Waals surface area contributed by atoms with Gasteiger partial charge < -0.3 is 16.0 Å².